The van der Waals surface area contributed by atoms with Crippen LogP contribution in [0.4, 0.5) is 0 Å². The van der Waals surface area contributed by atoms with Crippen LogP contribution in [0, 0.1) is 0 Å². The molecule has 21 heavy (non-hydrogen) atoms. The first-order valence-electron chi connectivity index (χ1n) is 7.15. The average molecular weight is 281 g/mol. The molecule has 3 nitrogen and oxygen atoms in total. The Hall–Kier alpha value is -2.42. The highest BCUT2D eigenvalue weighted by Crippen LogP contribution is 2.24. The molecule has 3 heteroatoms. The first-order valence-corrected chi connectivity index (χ1v) is 7.15. The van der Waals surface area contributed by atoms with E-state index in [9.17, 15) is 5.11 Å². The number of nitrogens with zero attached hydrogens (tertiary/aromatic N) is 1. The summed E-state index contributed by atoms with van der Waals surface area (Å²) < 4.78 is 7.89. The predicted octanol–water partition coefficient (Wildman–Crippen LogP) is 4.18. The van der Waals surface area contributed by atoms with Crippen LogP contribution in [-0.2, 0) is 6.54 Å². The van der Waals surface area contributed by atoms with E-state index in [4.69, 9.17) is 4.74 Å². The molecule has 0 fully saturated rings. The third-order valence-electron chi connectivity index (χ3n) is 3.38. The minimum absolute atomic E-state index is 0.178. The molecule has 0 spiro atoms. The number of hydrogen-bond acceptors (Lipinski definition) is 2. The summed E-state index contributed by atoms with van der Waals surface area (Å²) in [5.41, 5.74) is 2.24. The summed E-state index contributed by atoms with van der Waals surface area (Å²) in [6.07, 6.45) is 2.24. The first-order chi connectivity index (χ1) is 10.1. The van der Waals surface area contributed by atoms with Gasteiger partial charge in [0.15, 0.2) is 0 Å². The Balaban J connectivity index is 1.90. The van der Waals surface area contributed by atoms with E-state index in [2.05, 4.69) is 29.0 Å². The highest BCUT2D eigenvalue weighted by atomic mass is 16.5. The van der Waals surface area contributed by atoms with Crippen molar-refractivity contribution in [2.45, 2.75) is 26.5 Å². The van der Waals surface area contributed by atoms with Gasteiger partial charge in [-0.2, -0.15) is 0 Å². The molecule has 0 aliphatic rings. The minimum atomic E-state index is 0.178. The number of benzene rings is 2. The van der Waals surface area contributed by atoms with Crippen LogP contribution in [0.15, 0.2) is 54.7 Å². The lowest BCUT2D eigenvalue weighted by molar-refractivity contribution is 0.243. The third kappa shape index (κ3) is 3.02. The number of hydrogen-bond donors (Lipinski definition) is 1. The van der Waals surface area contributed by atoms with Gasteiger partial charge in [-0.3, -0.25) is 0 Å². The van der Waals surface area contributed by atoms with E-state index in [1.54, 1.807) is 12.1 Å². The maximum absolute atomic E-state index is 9.55. The summed E-state index contributed by atoms with van der Waals surface area (Å²) in [7, 11) is 0. The Kier molecular flexibility index (Phi) is 3.57. The highest BCUT2D eigenvalue weighted by Gasteiger charge is 2.05. The van der Waals surface area contributed by atoms with Crippen molar-refractivity contribution in [2.75, 3.05) is 0 Å². The average Bonchev–Trinajstić information content (AvgIpc) is 2.81. The van der Waals surface area contributed by atoms with Gasteiger partial charge in [-0.25, -0.2) is 0 Å². The molecule has 0 aliphatic heterocycles. The van der Waals surface area contributed by atoms with Crippen molar-refractivity contribution in [2.24, 2.45) is 0 Å². The fraction of sp³-hybridized carbons (Fsp3) is 0.222. The maximum Gasteiger partial charge on any atom is 0.120 e. The van der Waals surface area contributed by atoms with E-state index < -0.39 is 0 Å². The molecule has 2 aromatic carbocycles. The van der Waals surface area contributed by atoms with Gasteiger partial charge in [-0.15, -0.1) is 0 Å². The highest BCUT2D eigenvalue weighted by molar-refractivity contribution is 5.81. The van der Waals surface area contributed by atoms with Crippen molar-refractivity contribution in [3.8, 4) is 11.5 Å². The topological polar surface area (TPSA) is 34.4 Å². The largest absolute Gasteiger partial charge is 0.508 e. The van der Waals surface area contributed by atoms with E-state index in [0.29, 0.717) is 5.75 Å². The molecule has 0 atom stereocenters. The van der Waals surface area contributed by atoms with E-state index in [0.717, 1.165) is 28.8 Å². The Morgan fingerprint density at radius 3 is 2.71 bits per heavy atom. The number of aromatic hydroxyl groups is 1. The number of ether oxygens (including phenoxy) is 1. The number of phenols is 1. The molecular formula is C18H19NO2. The normalized spacial score (nSPS) is 11.2. The molecule has 0 aliphatic carbocycles. The Bertz CT molecular complexity index is 759. The van der Waals surface area contributed by atoms with Crippen LogP contribution in [0.5, 0.6) is 11.5 Å². The molecule has 0 radical (unpaired) electrons. The van der Waals surface area contributed by atoms with Crippen LogP contribution in [0.1, 0.15) is 19.4 Å². The molecule has 1 aromatic heterocycles. The molecule has 108 valence electrons. The van der Waals surface area contributed by atoms with E-state index in [-0.39, 0.29) is 6.10 Å². The van der Waals surface area contributed by atoms with Crippen LogP contribution in [0.2, 0.25) is 0 Å². The Morgan fingerprint density at radius 1 is 1.10 bits per heavy atom. The van der Waals surface area contributed by atoms with Crippen LogP contribution < -0.4 is 4.74 Å². The summed E-state index contributed by atoms with van der Waals surface area (Å²) in [6, 6.07) is 15.6. The standard InChI is InChI=1S/C18H19NO2/c1-13(2)21-17-6-7-18-15(11-17)8-9-19(18)12-14-4-3-5-16(20)10-14/h3-11,13,20H,12H2,1-2H3. The quantitative estimate of drug-likeness (QED) is 0.778. The molecular weight excluding hydrogens is 262 g/mol. The second-order valence-electron chi connectivity index (χ2n) is 5.50. The zero-order chi connectivity index (χ0) is 14.8. The molecule has 0 saturated heterocycles. The van der Waals surface area contributed by atoms with Gasteiger partial charge < -0.3 is 14.4 Å². The number of rotatable bonds is 4. The fourth-order valence-electron chi connectivity index (χ4n) is 2.51. The van der Waals surface area contributed by atoms with Gasteiger partial charge in [0, 0.05) is 23.6 Å². The third-order valence-corrected chi connectivity index (χ3v) is 3.38. The summed E-state index contributed by atoms with van der Waals surface area (Å²) >= 11 is 0. The van der Waals surface area contributed by atoms with Crippen molar-refractivity contribution in [1.29, 1.82) is 0 Å². The Labute approximate surface area is 124 Å². The summed E-state index contributed by atoms with van der Waals surface area (Å²) in [5, 5.41) is 10.7. The number of aromatic nitrogens is 1. The Morgan fingerprint density at radius 2 is 1.95 bits per heavy atom. The monoisotopic (exact) mass is 281 g/mol. The van der Waals surface area contributed by atoms with Gasteiger partial charge in [0.1, 0.15) is 11.5 Å². The summed E-state index contributed by atoms with van der Waals surface area (Å²) in [4.78, 5) is 0. The number of fused-ring (bicyclic) bond motifs is 1. The van der Waals surface area contributed by atoms with Crippen LogP contribution in [0.3, 0.4) is 0 Å². The van der Waals surface area contributed by atoms with Gasteiger partial charge in [0.2, 0.25) is 0 Å². The van der Waals surface area contributed by atoms with Crippen molar-refractivity contribution < 1.29 is 9.84 Å². The van der Waals surface area contributed by atoms with Gasteiger partial charge in [-0.1, -0.05) is 12.1 Å². The lowest BCUT2D eigenvalue weighted by Crippen LogP contribution is -2.05. The lowest BCUT2D eigenvalue weighted by Gasteiger charge is -2.10. The smallest absolute Gasteiger partial charge is 0.120 e. The number of phenolic OH excluding ortho intramolecular Hbond substituents is 1. The molecule has 1 heterocycles. The van der Waals surface area contributed by atoms with E-state index >= 15 is 0 Å². The van der Waals surface area contributed by atoms with Crippen molar-refractivity contribution >= 4 is 10.9 Å². The second-order valence-corrected chi connectivity index (χ2v) is 5.50. The van der Waals surface area contributed by atoms with Crippen molar-refractivity contribution in [3.63, 3.8) is 0 Å². The van der Waals surface area contributed by atoms with E-state index in [1.165, 1.54) is 0 Å². The zero-order valence-corrected chi connectivity index (χ0v) is 12.3. The first kappa shape index (κ1) is 13.6. The molecule has 3 aromatic rings. The molecule has 0 bridgehead atoms. The van der Waals surface area contributed by atoms with Gasteiger partial charge >= 0.3 is 0 Å². The van der Waals surface area contributed by atoms with Crippen LogP contribution >= 0.6 is 0 Å². The van der Waals surface area contributed by atoms with Gasteiger partial charge in [0.25, 0.3) is 0 Å². The lowest BCUT2D eigenvalue weighted by atomic mass is 10.2. The maximum atomic E-state index is 9.55. The molecule has 0 saturated carbocycles. The van der Waals surface area contributed by atoms with Gasteiger partial charge in [0.05, 0.1) is 6.10 Å². The fourth-order valence-corrected chi connectivity index (χ4v) is 2.51. The van der Waals surface area contributed by atoms with E-state index in [1.807, 2.05) is 32.0 Å². The van der Waals surface area contributed by atoms with Crippen molar-refractivity contribution in [1.82, 2.24) is 4.57 Å². The predicted molar refractivity (Wildman–Crippen MR) is 84.9 cm³/mol. The van der Waals surface area contributed by atoms with Gasteiger partial charge in [-0.05, 0) is 55.8 Å². The molecule has 3 rings (SSSR count). The van der Waals surface area contributed by atoms with Crippen molar-refractivity contribution in [3.05, 3.63) is 60.3 Å². The second kappa shape index (κ2) is 5.52. The summed E-state index contributed by atoms with van der Waals surface area (Å²) in [6.45, 7) is 4.79. The summed E-state index contributed by atoms with van der Waals surface area (Å²) in [5.74, 6) is 1.20. The molecule has 1 N–H and O–H groups in total. The molecule has 0 amide bonds. The molecule has 0 unspecified atom stereocenters. The van der Waals surface area contributed by atoms with Crippen LogP contribution in [0.25, 0.3) is 10.9 Å². The van der Waals surface area contributed by atoms with Crippen LogP contribution in [-0.4, -0.2) is 15.8 Å². The minimum Gasteiger partial charge on any atom is -0.508 e. The SMILES string of the molecule is CC(C)Oc1ccc2c(ccn2Cc2cccc(O)c2)c1. The zero-order valence-electron chi connectivity index (χ0n) is 12.3.